The molecule has 0 aliphatic carbocycles. The van der Waals surface area contributed by atoms with E-state index in [4.69, 9.17) is 28.4 Å². The molecule has 0 bridgehead atoms. The van der Waals surface area contributed by atoms with Crippen LogP contribution in [-0.4, -0.2) is 109 Å². The van der Waals surface area contributed by atoms with Gasteiger partial charge in [-0.15, -0.1) is 0 Å². The molecule has 2 N–H and O–H groups in total. The number of carboxylic acid groups (broad SMARTS) is 1. The third kappa shape index (κ3) is 11.3. The SMILES string of the molecule is CC(=O)N[C@H]1[C@H]([C@H](OC(C)=O)[C@@H](COC(C)=O)OC(C)=O)O[C@@](OCCCCCCn2c3nc(=O)n(-c4ccccc4)c(=O)c-3cc3c([N+](=O)[O-])cccc32)(C(=O)O)C[C@@H]1OC(C)=O. The van der Waals surface area contributed by atoms with Gasteiger partial charge in [0, 0.05) is 47.2 Å². The number of hydrogen-bond acceptors (Lipinski definition) is 17. The van der Waals surface area contributed by atoms with Gasteiger partial charge in [0.25, 0.3) is 17.0 Å². The Balaban J connectivity index is 1.39. The van der Waals surface area contributed by atoms with Gasteiger partial charge >= 0.3 is 35.5 Å². The smallest absolute Gasteiger partial charge is 0.364 e. The monoisotopic (exact) mass is 893 g/mol. The van der Waals surface area contributed by atoms with E-state index in [1.165, 1.54) is 18.2 Å². The van der Waals surface area contributed by atoms with Crippen LogP contribution in [-0.2, 0) is 63.7 Å². The molecular weight excluding hydrogens is 846 g/mol. The van der Waals surface area contributed by atoms with E-state index < -0.39 is 101 Å². The number of aromatic nitrogens is 3. The Kier molecular flexibility index (Phi) is 15.6. The molecule has 3 aliphatic heterocycles. The van der Waals surface area contributed by atoms with Crippen molar-refractivity contribution in [3.05, 3.63) is 85.5 Å². The molecule has 5 rings (SSSR count). The highest BCUT2D eigenvalue weighted by atomic mass is 16.7. The molecule has 342 valence electrons. The number of benzene rings is 2. The van der Waals surface area contributed by atoms with Crippen LogP contribution in [0.25, 0.3) is 28.0 Å². The Hall–Kier alpha value is -7.07. The molecule has 0 radical (unpaired) electrons. The lowest BCUT2D eigenvalue weighted by Gasteiger charge is -2.48. The number of amides is 1. The maximum Gasteiger partial charge on any atom is 0.364 e. The molecule has 0 saturated carbocycles. The number of carbonyl (C=O) groups is 6. The van der Waals surface area contributed by atoms with Gasteiger partial charge in [-0.1, -0.05) is 37.1 Å². The van der Waals surface area contributed by atoms with Crippen molar-refractivity contribution in [2.24, 2.45) is 0 Å². The van der Waals surface area contributed by atoms with E-state index in [9.17, 15) is 53.6 Å². The van der Waals surface area contributed by atoms with E-state index in [0.717, 1.165) is 39.2 Å². The molecule has 1 amide bonds. The number of nitrogens with zero attached hydrogens (tertiary/aromatic N) is 4. The first-order valence-corrected chi connectivity index (χ1v) is 20.1. The fourth-order valence-electron chi connectivity index (χ4n) is 7.57. The number of unbranched alkanes of at least 4 members (excludes halogenated alkanes) is 3. The lowest BCUT2D eigenvalue weighted by Crippen LogP contribution is -2.69. The number of pyridine rings is 1. The van der Waals surface area contributed by atoms with E-state index in [1.54, 1.807) is 41.0 Å². The number of ether oxygens (including phenoxy) is 6. The van der Waals surface area contributed by atoms with Crippen molar-refractivity contribution >= 4 is 52.3 Å². The van der Waals surface area contributed by atoms with Gasteiger partial charge < -0.3 is 43.4 Å². The van der Waals surface area contributed by atoms with Gasteiger partial charge in [0.2, 0.25) is 5.91 Å². The molecule has 1 saturated heterocycles. The summed E-state index contributed by atoms with van der Waals surface area (Å²) in [5.41, 5.74) is -1.20. The predicted molar refractivity (Wildman–Crippen MR) is 220 cm³/mol. The summed E-state index contributed by atoms with van der Waals surface area (Å²) in [5, 5.41) is 25.4. The summed E-state index contributed by atoms with van der Waals surface area (Å²) in [7, 11) is 0. The molecule has 22 nitrogen and oxygen atoms in total. The number of fused-ring (bicyclic) bond motifs is 2. The number of para-hydroxylation sites is 1. The second kappa shape index (κ2) is 20.9. The van der Waals surface area contributed by atoms with Crippen LogP contribution in [0.1, 0.15) is 66.7 Å². The Labute approximate surface area is 363 Å². The van der Waals surface area contributed by atoms with Crippen molar-refractivity contribution in [1.29, 1.82) is 0 Å². The van der Waals surface area contributed by atoms with Crippen LogP contribution in [0.3, 0.4) is 0 Å². The van der Waals surface area contributed by atoms with Crippen LogP contribution >= 0.6 is 0 Å². The molecule has 6 atom stereocenters. The number of esters is 4. The zero-order valence-corrected chi connectivity index (χ0v) is 35.5. The summed E-state index contributed by atoms with van der Waals surface area (Å²) in [6.45, 7) is 4.43. The van der Waals surface area contributed by atoms with Crippen molar-refractivity contribution in [2.45, 2.75) is 110 Å². The van der Waals surface area contributed by atoms with Crippen LogP contribution in [0.4, 0.5) is 5.69 Å². The van der Waals surface area contributed by atoms with E-state index >= 15 is 0 Å². The fourth-order valence-corrected chi connectivity index (χ4v) is 7.57. The zero-order chi connectivity index (χ0) is 46.9. The van der Waals surface area contributed by atoms with Gasteiger partial charge in [-0.25, -0.2) is 14.2 Å². The molecule has 2 aromatic rings. The summed E-state index contributed by atoms with van der Waals surface area (Å²) >= 11 is 0. The van der Waals surface area contributed by atoms with Gasteiger partial charge in [-0.3, -0.25) is 38.9 Å². The molecular formula is C42H47N5O17. The molecule has 64 heavy (non-hydrogen) atoms. The number of nitro benzene ring substituents is 1. The third-order valence-corrected chi connectivity index (χ3v) is 10.1. The maximum absolute atomic E-state index is 13.8. The van der Waals surface area contributed by atoms with Crippen molar-refractivity contribution < 1.29 is 67.2 Å². The van der Waals surface area contributed by atoms with Crippen LogP contribution in [0.5, 0.6) is 0 Å². The largest absolute Gasteiger partial charge is 0.477 e. The lowest BCUT2D eigenvalue weighted by atomic mass is 9.88. The van der Waals surface area contributed by atoms with Crippen molar-refractivity contribution in [3.63, 3.8) is 0 Å². The zero-order valence-electron chi connectivity index (χ0n) is 35.5. The first-order chi connectivity index (χ1) is 30.3. The predicted octanol–water partition coefficient (Wildman–Crippen LogP) is 2.57. The summed E-state index contributed by atoms with van der Waals surface area (Å²) in [6.07, 6.45) is -5.84. The summed E-state index contributed by atoms with van der Waals surface area (Å²) in [4.78, 5) is 117. The molecule has 0 aromatic heterocycles. The average Bonchev–Trinajstić information content (AvgIpc) is 3.21. The van der Waals surface area contributed by atoms with Crippen molar-refractivity contribution in [3.8, 4) is 17.1 Å². The fraction of sp³-hybridized carbons (Fsp3) is 0.452. The van der Waals surface area contributed by atoms with Gasteiger partial charge in [0.05, 0.1) is 46.1 Å². The number of aliphatic carboxylic acids is 1. The maximum atomic E-state index is 13.8. The minimum atomic E-state index is -2.61. The van der Waals surface area contributed by atoms with Crippen LogP contribution in [0.2, 0.25) is 0 Å². The van der Waals surface area contributed by atoms with E-state index in [0.29, 0.717) is 24.8 Å². The summed E-state index contributed by atoms with van der Waals surface area (Å²) < 4.78 is 35.8. The minimum Gasteiger partial charge on any atom is -0.477 e. The Morgan fingerprint density at radius 2 is 1.61 bits per heavy atom. The number of aryl methyl sites for hydroxylation is 1. The molecule has 3 heterocycles. The van der Waals surface area contributed by atoms with E-state index in [1.807, 2.05) is 0 Å². The van der Waals surface area contributed by atoms with Gasteiger partial charge in [-0.05, 0) is 37.1 Å². The Bertz CT molecular complexity index is 2510. The highest BCUT2D eigenvalue weighted by Crippen LogP contribution is 2.37. The lowest BCUT2D eigenvalue weighted by molar-refractivity contribution is -0.383. The number of rotatable bonds is 19. The first kappa shape index (κ1) is 48.0. The number of nitrogens with one attached hydrogen (secondary N) is 1. The minimum absolute atomic E-state index is 0.0160. The molecule has 0 spiro atoms. The van der Waals surface area contributed by atoms with Crippen LogP contribution in [0.15, 0.2) is 64.2 Å². The number of carboxylic acids is 1. The first-order valence-electron chi connectivity index (χ1n) is 20.1. The number of carbonyl (C=O) groups excluding carboxylic acids is 5. The van der Waals surface area contributed by atoms with E-state index in [2.05, 4.69) is 10.3 Å². The third-order valence-electron chi connectivity index (χ3n) is 10.1. The van der Waals surface area contributed by atoms with Gasteiger partial charge in [0.1, 0.15) is 18.8 Å². The highest BCUT2D eigenvalue weighted by Gasteiger charge is 2.58. The Morgan fingerprint density at radius 3 is 2.22 bits per heavy atom. The normalized spacial score (nSPS) is 19.2. The van der Waals surface area contributed by atoms with E-state index in [-0.39, 0.29) is 47.7 Å². The number of non-ortho nitro benzene ring substituents is 1. The van der Waals surface area contributed by atoms with Gasteiger partial charge in [-0.2, -0.15) is 4.98 Å². The average molecular weight is 894 g/mol. The molecule has 22 heteroatoms. The highest BCUT2D eigenvalue weighted by molar-refractivity contribution is 5.92. The molecule has 0 unspecified atom stereocenters. The quantitative estimate of drug-likeness (QED) is 0.0341. The molecule has 3 aliphatic rings. The Morgan fingerprint density at radius 1 is 0.922 bits per heavy atom. The number of nitro groups is 1. The molecule has 2 aromatic carbocycles. The second-order valence-corrected chi connectivity index (χ2v) is 14.9. The summed E-state index contributed by atoms with van der Waals surface area (Å²) in [5.74, 6) is -8.52. The van der Waals surface area contributed by atoms with Crippen LogP contribution in [0, 0.1) is 10.1 Å². The van der Waals surface area contributed by atoms with Crippen LogP contribution < -0.4 is 16.6 Å². The van der Waals surface area contributed by atoms with Gasteiger partial charge in [0.15, 0.2) is 18.0 Å². The topological polar surface area (TPSA) is 290 Å². The van der Waals surface area contributed by atoms with Crippen molar-refractivity contribution in [2.75, 3.05) is 13.2 Å². The van der Waals surface area contributed by atoms with Crippen molar-refractivity contribution in [1.82, 2.24) is 19.4 Å². The number of hydrogen-bond donors (Lipinski definition) is 2. The molecule has 1 fully saturated rings. The summed E-state index contributed by atoms with van der Waals surface area (Å²) in [6, 6.07) is 12.5. The standard InChI is InChI=1S/C42H47N5O17/c1-23(48)43-35-33(61-25(3)50)21-42(40(54)55,64-37(35)36(63-27(5)52)34(62-26(4)51)22-59-24(2)49)60-19-12-7-6-11-18-45-31-16-13-17-32(47(57)58)29(31)20-30-38(45)44-41(56)46(39(30)53)28-14-9-8-10-15-28/h8-10,13-17,20,33-37H,6-7,11-12,18-19,21-22H2,1-5H3,(H,43,48)(H,54,55)/t33-,34+,35+,36+,37+,42+/m0/s1. The second-order valence-electron chi connectivity index (χ2n) is 14.9.